The van der Waals surface area contributed by atoms with E-state index in [-0.39, 0.29) is 0 Å². The summed E-state index contributed by atoms with van der Waals surface area (Å²) in [7, 11) is 3.21. The molecule has 106 valence electrons. The van der Waals surface area contributed by atoms with Gasteiger partial charge in [-0.15, -0.1) is 0 Å². The van der Waals surface area contributed by atoms with E-state index in [4.69, 9.17) is 14.6 Å². The van der Waals surface area contributed by atoms with Crippen LogP contribution in [-0.2, 0) is 11.3 Å². The second kappa shape index (κ2) is 6.43. The highest BCUT2D eigenvalue weighted by Gasteiger charge is 2.26. The second-order valence-electron chi connectivity index (χ2n) is 4.97. The Kier molecular flexibility index (Phi) is 5.18. The fourth-order valence-corrected chi connectivity index (χ4v) is 1.61. The molecule has 0 aliphatic rings. The Bertz CT molecular complexity index is 443. The number of carbonyl (C=O) groups is 1. The Morgan fingerprint density at radius 3 is 2.53 bits per heavy atom. The summed E-state index contributed by atoms with van der Waals surface area (Å²) in [5, 5.41) is 12.2. The van der Waals surface area contributed by atoms with Crippen molar-refractivity contribution in [3.05, 3.63) is 23.8 Å². The van der Waals surface area contributed by atoms with E-state index in [1.807, 2.05) is 18.2 Å². The summed E-state index contributed by atoms with van der Waals surface area (Å²) in [6.45, 7) is 4.27. The van der Waals surface area contributed by atoms with Crippen LogP contribution < -0.4 is 14.8 Å². The van der Waals surface area contributed by atoms with Gasteiger partial charge in [-0.3, -0.25) is 4.79 Å². The first-order valence-corrected chi connectivity index (χ1v) is 6.05. The van der Waals surface area contributed by atoms with Gasteiger partial charge in [-0.1, -0.05) is 0 Å². The summed E-state index contributed by atoms with van der Waals surface area (Å²) in [5.74, 6) is 0.675. The summed E-state index contributed by atoms with van der Waals surface area (Å²) in [4.78, 5) is 11.0. The van der Waals surface area contributed by atoms with Gasteiger partial charge in [0.25, 0.3) is 0 Å². The topological polar surface area (TPSA) is 67.8 Å². The molecule has 5 nitrogen and oxygen atoms in total. The Balaban J connectivity index is 2.69. The SMILES string of the molecule is COc1ccc(OC)c(CNCC(C)(C)C(=O)O)c1. The van der Waals surface area contributed by atoms with Crippen molar-refractivity contribution in [2.75, 3.05) is 20.8 Å². The molecular formula is C14H21NO4. The molecule has 0 aliphatic heterocycles. The lowest BCUT2D eigenvalue weighted by Crippen LogP contribution is -2.35. The third-order valence-electron chi connectivity index (χ3n) is 2.95. The lowest BCUT2D eigenvalue weighted by atomic mass is 9.94. The largest absolute Gasteiger partial charge is 0.497 e. The van der Waals surface area contributed by atoms with Gasteiger partial charge in [0, 0.05) is 18.7 Å². The molecule has 2 N–H and O–H groups in total. The Labute approximate surface area is 113 Å². The molecule has 0 saturated carbocycles. The number of rotatable bonds is 7. The number of methoxy groups -OCH3 is 2. The molecule has 0 aliphatic carbocycles. The van der Waals surface area contributed by atoms with Crippen molar-refractivity contribution in [1.82, 2.24) is 5.32 Å². The first kappa shape index (κ1) is 15.3. The first-order chi connectivity index (χ1) is 8.90. The number of hydrogen-bond donors (Lipinski definition) is 2. The fourth-order valence-electron chi connectivity index (χ4n) is 1.61. The molecule has 0 spiro atoms. The maximum atomic E-state index is 11.0. The Morgan fingerprint density at radius 2 is 2.00 bits per heavy atom. The van der Waals surface area contributed by atoms with Gasteiger partial charge >= 0.3 is 5.97 Å². The van der Waals surface area contributed by atoms with Crippen LogP contribution in [0.15, 0.2) is 18.2 Å². The summed E-state index contributed by atoms with van der Waals surface area (Å²) in [6.07, 6.45) is 0. The zero-order chi connectivity index (χ0) is 14.5. The molecule has 1 aromatic rings. The third kappa shape index (κ3) is 4.13. The number of aliphatic carboxylic acids is 1. The molecule has 1 rings (SSSR count). The third-order valence-corrected chi connectivity index (χ3v) is 2.95. The van der Waals surface area contributed by atoms with Crippen molar-refractivity contribution in [3.8, 4) is 11.5 Å². The molecular weight excluding hydrogens is 246 g/mol. The predicted octanol–water partition coefficient (Wildman–Crippen LogP) is 1.90. The molecule has 5 heteroatoms. The standard InChI is InChI=1S/C14H21NO4/c1-14(2,13(16)17)9-15-8-10-7-11(18-3)5-6-12(10)19-4/h5-7,15H,8-9H2,1-4H3,(H,16,17). The van der Waals surface area contributed by atoms with Gasteiger partial charge in [0.2, 0.25) is 0 Å². The van der Waals surface area contributed by atoms with E-state index in [1.165, 1.54) is 0 Å². The maximum absolute atomic E-state index is 11.0. The zero-order valence-corrected chi connectivity index (χ0v) is 11.8. The van der Waals surface area contributed by atoms with Crippen molar-refractivity contribution in [2.45, 2.75) is 20.4 Å². The molecule has 0 amide bonds. The summed E-state index contributed by atoms with van der Waals surface area (Å²) in [5.41, 5.74) is 0.134. The highest BCUT2D eigenvalue weighted by molar-refractivity contribution is 5.73. The zero-order valence-electron chi connectivity index (χ0n) is 11.8. The van der Waals surface area contributed by atoms with Gasteiger partial charge in [-0.25, -0.2) is 0 Å². The van der Waals surface area contributed by atoms with Gasteiger partial charge in [0.1, 0.15) is 11.5 Å². The van der Waals surface area contributed by atoms with Crippen molar-refractivity contribution < 1.29 is 19.4 Å². The fraction of sp³-hybridized carbons (Fsp3) is 0.500. The quantitative estimate of drug-likeness (QED) is 0.789. The van der Waals surface area contributed by atoms with Crippen LogP contribution in [0.25, 0.3) is 0 Å². The van der Waals surface area contributed by atoms with Gasteiger partial charge in [-0.05, 0) is 32.0 Å². The van der Waals surface area contributed by atoms with Crippen LogP contribution in [0.2, 0.25) is 0 Å². The van der Waals surface area contributed by atoms with Crippen LogP contribution in [-0.4, -0.2) is 31.8 Å². The normalized spacial score (nSPS) is 11.2. The van der Waals surface area contributed by atoms with Crippen molar-refractivity contribution in [1.29, 1.82) is 0 Å². The number of benzene rings is 1. The number of carboxylic acids is 1. The molecule has 0 unspecified atom stereocenters. The van der Waals surface area contributed by atoms with Crippen LogP contribution in [0.1, 0.15) is 19.4 Å². The smallest absolute Gasteiger partial charge is 0.310 e. The lowest BCUT2D eigenvalue weighted by Gasteiger charge is -2.20. The minimum Gasteiger partial charge on any atom is -0.497 e. The Morgan fingerprint density at radius 1 is 1.32 bits per heavy atom. The van der Waals surface area contributed by atoms with E-state index in [0.29, 0.717) is 13.1 Å². The average molecular weight is 267 g/mol. The summed E-state index contributed by atoms with van der Waals surface area (Å²) in [6, 6.07) is 5.53. The van der Waals surface area contributed by atoms with Gasteiger partial charge < -0.3 is 19.9 Å². The van der Waals surface area contributed by atoms with E-state index < -0.39 is 11.4 Å². The second-order valence-corrected chi connectivity index (χ2v) is 4.97. The van der Waals surface area contributed by atoms with Crippen LogP contribution in [0.3, 0.4) is 0 Å². The molecule has 0 bridgehead atoms. The van der Waals surface area contributed by atoms with Crippen molar-refractivity contribution in [2.24, 2.45) is 5.41 Å². The first-order valence-electron chi connectivity index (χ1n) is 6.05. The van der Waals surface area contributed by atoms with E-state index in [1.54, 1.807) is 28.1 Å². The molecule has 0 heterocycles. The molecule has 0 fully saturated rings. The van der Waals surface area contributed by atoms with Crippen LogP contribution in [0.4, 0.5) is 0 Å². The number of carboxylic acid groups (broad SMARTS) is 1. The van der Waals surface area contributed by atoms with Crippen LogP contribution >= 0.6 is 0 Å². The van der Waals surface area contributed by atoms with Crippen molar-refractivity contribution >= 4 is 5.97 Å². The van der Waals surface area contributed by atoms with Gasteiger partial charge in [-0.2, -0.15) is 0 Å². The number of nitrogens with one attached hydrogen (secondary N) is 1. The number of ether oxygens (including phenoxy) is 2. The van der Waals surface area contributed by atoms with Crippen molar-refractivity contribution in [3.63, 3.8) is 0 Å². The average Bonchev–Trinajstić information content (AvgIpc) is 2.38. The molecule has 0 atom stereocenters. The summed E-state index contributed by atoms with van der Waals surface area (Å²) < 4.78 is 10.4. The van der Waals surface area contributed by atoms with Gasteiger partial charge in [0.05, 0.1) is 19.6 Å². The van der Waals surface area contributed by atoms with E-state index in [9.17, 15) is 4.79 Å². The lowest BCUT2D eigenvalue weighted by molar-refractivity contribution is -0.146. The van der Waals surface area contributed by atoms with E-state index in [0.717, 1.165) is 17.1 Å². The predicted molar refractivity (Wildman–Crippen MR) is 72.7 cm³/mol. The molecule has 0 saturated heterocycles. The Hall–Kier alpha value is -1.75. The molecule has 0 radical (unpaired) electrons. The number of hydrogen-bond acceptors (Lipinski definition) is 4. The maximum Gasteiger partial charge on any atom is 0.310 e. The van der Waals surface area contributed by atoms with E-state index >= 15 is 0 Å². The molecule has 0 aromatic heterocycles. The minimum absolute atomic E-state index is 0.378. The molecule has 19 heavy (non-hydrogen) atoms. The van der Waals surface area contributed by atoms with Crippen LogP contribution in [0, 0.1) is 5.41 Å². The van der Waals surface area contributed by atoms with Gasteiger partial charge in [0.15, 0.2) is 0 Å². The highest BCUT2D eigenvalue weighted by Crippen LogP contribution is 2.24. The summed E-state index contributed by atoms with van der Waals surface area (Å²) >= 11 is 0. The molecule has 1 aromatic carbocycles. The van der Waals surface area contributed by atoms with Crippen LogP contribution in [0.5, 0.6) is 11.5 Å². The minimum atomic E-state index is -0.822. The van der Waals surface area contributed by atoms with E-state index in [2.05, 4.69) is 5.32 Å². The monoisotopic (exact) mass is 267 g/mol. The highest BCUT2D eigenvalue weighted by atomic mass is 16.5.